The molecular weight excluding hydrogens is 116 g/mol. The van der Waals surface area contributed by atoms with Crippen LogP contribution < -0.4 is 0 Å². The molecule has 9 heavy (non-hydrogen) atoms. The highest BCUT2D eigenvalue weighted by Gasteiger charge is 2.03. The van der Waals surface area contributed by atoms with Crippen LogP contribution in [0.3, 0.4) is 0 Å². The summed E-state index contributed by atoms with van der Waals surface area (Å²) in [6, 6.07) is 0. The second kappa shape index (κ2) is 3.93. The predicted octanol–water partition coefficient (Wildman–Crippen LogP) is 1.28. The van der Waals surface area contributed by atoms with Gasteiger partial charge < -0.3 is 4.74 Å². The molecule has 0 saturated carbocycles. The van der Waals surface area contributed by atoms with Crippen LogP contribution in [0.4, 0.5) is 0 Å². The molecule has 0 aromatic rings. The van der Waals surface area contributed by atoms with E-state index in [1.807, 2.05) is 6.92 Å². The fourth-order valence-corrected chi connectivity index (χ4v) is 0.465. The van der Waals surface area contributed by atoms with E-state index in [0.717, 1.165) is 0 Å². The third-order valence-electron chi connectivity index (χ3n) is 0.999. The van der Waals surface area contributed by atoms with Crippen LogP contribution in [-0.4, -0.2) is 13.1 Å². The molecule has 0 radical (unpaired) electrons. The summed E-state index contributed by atoms with van der Waals surface area (Å²) >= 11 is 0. The van der Waals surface area contributed by atoms with Crippen molar-refractivity contribution in [3.63, 3.8) is 0 Å². The average molecular weight is 126 g/mol. The van der Waals surface area contributed by atoms with Gasteiger partial charge in [0.05, 0.1) is 12.7 Å². The first-order valence-corrected chi connectivity index (χ1v) is 2.73. The first-order chi connectivity index (χ1) is 4.26. The lowest BCUT2D eigenvalue weighted by Crippen LogP contribution is -2.02. The molecule has 0 aliphatic rings. The Hall–Kier alpha value is -1.01. The van der Waals surface area contributed by atoms with Gasteiger partial charge in [0, 0.05) is 0 Å². The van der Waals surface area contributed by atoms with E-state index in [1.165, 1.54) is 7.11 Å². The Morgan fingerprint density at radius 1 is 1.78 bits per heavy atom. The van der Waals surface area contributed by atoms with E-state index >= 15 is 0 Å². The monoisotopic (exact) mass is 126 g/mol. The lowest BCUT2D eigenvalue weighted by atomic mass is 10.2. The van der Waals surface area contributed by atoms with E-state index in [4.69, 9.17) is 0 Å². The molecule has 2 heteroatoms. The van der Waals surface area contributed by atoms with E-state index in [2.05, 4.69) is 17.0 Å². The van der Waals surface area contributed by atoms with E-state index in [9.17, 15) is 4.79 Å². The molecule has 0 bridgehead atoms. The van der Waals surface area contributed by atoms with Gasteiger partial charge in [-0.15, -0.1) is 5.73 Å². The van der Waals surface area contributed by atoms with Crippen molar-refractivity contribution in [2.24, 2.45) is 0 Å². The fourth-order valence-electron chi connectivity index (χ4n) is 0.465. The molecule has 0 heterocycles. The van der Waals surface area contributed by atoms with Crippen LogP contribution in [0, 0.1) is 0 Å². The third-order valence-corrected chi connectivity index (χ3v) is 0.999. The Morgan fingerprint density at radius 2 is 2.33 bits per heavy atom. The highest BCUT2D eigenvalue weighted by Crippen LogP contribution is 1.98. The Kier molecular flexibility index (Phi) is 3.49. The molecule has 0 spiro atoms. The van der Waals surface area contributed by atoms with Crippen molar-refractivity contribution in [1.29, 1.82) is 0 Å². The summed E-state index contributed by atoms with van der Waals surface area (Å²) in [7, 11) is 1.34. The molecule has 0 aromatic carbocycles. The third kappa shape index (κ3) is 2.15. The number of esters is 1. The lowest BCUT2D eigenvalue weighted by Gasteiger charge is -1.95. The molecule has 0 unspecified atom stereocenters. The molecule has 0 atom stereocenters. The van der Waals surface area contributed by atoms with Crippen molar-refractivity contribution in [2.75, 3.05) is 7.11 Å². The maximum absolute atomic E-state index is 10.6. The maximum atomic E-state index is 10.6. The number of hydrogen-bond donors (Lipinski definition) is 0. The SMILES string of the molecule is C=C=C(CC)C(=O)OC. The van der Waals surface area contributed by atoms with Gasteiger partial charge in [0.1, 0.15) is 0 Å². The van der Waals surface area contributed by atoms with E-state index in [1.54, 1.807) is 0 Å². The van der Waals surface area contributed by atoms with Crippen LogP contribution in [0.15, 0.2) is 17.9 Å². The summed E-state index contributed by atoms with van der Waals surface area (Å²) in [5, 5.41) is 0. The summed E-state index contributed by atoms with van der Waals surface area (Å²) < 4.78 is 4.42. The van der Waals surface area contributed by atoms with Crippen LogP contribution in [0.2, 0.25) is 0 Å². The minimum absolute atomic E-state index is 0.340. The molecule has 2 nitrogen and oxygen atoms in total. The maximum Gasteiger partial charge on any atom is 0.341 e. The molecule has 0 amide bonds. The van der Waals surface area contributed by atoms with Gasteiger partial charge in [0.25, 0.3) is 0 Å². The molecule has 0 saturated heterocycles. The van der Waals surface area contributed by atoms with Crippen molar-refractivity contribution < 1.29 is 9.53 Å². The Bertz CT molecular complexity index is 152. The molecule has 0 N–H and O–H groups in total. The van der Waals surface area contributed by atoms with Gasteiger partial charge in [-0.05, 0) is 6.42 Å². The van der Waals surface area contributed by atoms with Crippen LogP contribution in [0.1, 0.15) is 13.3 Å². The largest absolute Gasteiger partial charge is 0.465 e. The number of methoxy groups -OCH3 is 1. The van der Waals surface area contributed by atoms with Crippen LogP contribution >= 0.6 is 0 Å². The van der Waals surface area contributed by atoms with Crippen molar-refractivity contribution in [3.8, 4) is 0 Å². The zero-order valence-electron chi connectivity index (χ0n) is 5.73. The molecular formula is C7H10O2. The van der Waals surface area contributed by atoms with E-state index in [0.29, 0.717) is 12.0 Å². The normalized spacial score (nSPS) is 7.78. The van der Waals surface area contributed by atoms with Gasteiger partial charge >= 0.3 is 5.97 Å². The minimum atomic E-state index is -0.340. The van der Waals surface area contributed by atoms with Crippen LogP contribution in [0.25, 0.3) is 0 Å². The lowest BCUT2D eigenvalue weighted by molar-refractivity contribution is -0.136. The Labute approximate surface area is 54.8 Å². The van der Waals surface area contributed by atoms with Gasteiger partial charge in [0.2, 0.25) is 0 Å². The molecule has 0 aromatic heterocycles. The Balaban J connectivity index is 4.14. The number of hydrogen-bond acceptors (Lipinski definition) is 2. The standard InChI is InChI=1S/C7H10O2/c1-4-6(5-2)7(8)9-3/h1,5H2,2-3H3. The number of carbonyl (C=O) groups is 1. The predicted molar refractivity (Wildman–Crippen MR) is 35.0 cm³/mol. The van der Waals surface area contributed by atoms with E-state index < -0.39 is 0 Å². The zero-order valence-corrected chi connectivity index (χ0v) is 5.73. The van der Waals surface area contributed by atoms with Crippen LogP contribution in [0.5, 0.6) is 0 Å². The van der Waals surface area contributed by atoms with Crippen molar-refractivity contribution in [1.82, 2.24) is 0 Å². The van der Waals surface area contributed by atoms with E-state index in [-0.39, 0.29) is 5.97 Å². The number of rotatable bonds is 2. The molecule has 0 aliphatic heterocycles. The average Bonchev–Trinajstić information content (AvgIpc) is 1.90. The first kappa shape index (κ1) is 7.99. The van der Waals surface area contributed by atoms with Crippen molar-refractivity contribution >= 4 is 5.97 Å². The molecule has 0 aliphatic carbocycles. The summed E-state index contributed by atoms with van der Waals surface area (Å²) in [4.78, 5) is 10.6. The molecule has 50 valence electrons. The summed E-state index contributed by atoms with van der Waals surface area (Å²) in [6.45, 7) is 5.19. The Morgan fingerprint density at radius 3 is 2.44 bits per heavy atom. The van der Waals surface area contributed by atoms with Crippen molar-refractivity contribution in [3.05, 3.63) is 17.9 Å². The fraction of sp³-hybridized carbons (Fsp3) is 0.429. The highest BCUT2D eigenvalue weighted by atomic mass is 16.5. The topological polar surface area (TPSA) is 26.3 Å². The summed E-state index contributed by atoms with van der Waals surface area (Å²) in [6.07, 6.45) is 0.621. The van der Waals surface area contributed by atoms with Gasteiger partial charge in [0.15, 0.2) is 0 Å². The number of carbonyl (C=O) groups excluding carboxylic acids is 1. The summed E-state index contributed by atoms with van der Waals surface area (Å²) in [5.74, 6) is -0.340. The highest BCUT2D eigenvalue weighted by molar-refractivity contribution is 5.87. The van der Waals surface area contributed by atoms with Gasteiger partial charge in [-0.25, -0.2) is 4.79 Å². The van der Waals surface area contributed by atoms with Crippen molar-refractivity contribution in [2.45, 2.75) is 13.3 Å². The smallest absolute Gasteiger partial charge is 0.341 e. The quantitative estimate of drug-likeness (QED) is 0.316. The molecule has 0 rings (SSSR count). The zero-order chi connectivity index (χ0) is 7.28. The van der Waals surface area contributed by atoms with Gasteiger partial charge in [-0.3, -0.25) is 0 Å². The second-order valence-corrected chi connectivity index (χ2v) is 1.50. The first-order valence-electron chi connectivity index (χ1n) is 2.73. The summed E-state index contributed by atoms with van der Waals surface area (Å²) in [5.41, 5.74) is 2.99. The van der Waals surface area contributed by atoms with Crippen LogP contribution in [-0.2, 0) is 9.53 Å². The second-order valence-electron chi connectivity index (χ2n) is 1.50. The van der Waals surface area contributed by atoms with Gasteiger partial charge in [-0.2, -0.15) is 0 Å². The molecule has 0 fully saturated rings. The van der Waals surface area contributed by atoms with Gasteiger partial charge in [-0.1, -0.05) is 13.5 Å². The minimum Gasteiger partial charge on any atom is -0.465 e. The number of ether oxygens (including phenoxy) is 1.